The predicted octanol–water partition coefficient (Wildman–Crippen LogP) is 3.58. The zero-order valence-corrected chi connectivity index (χ0v) is 8.38. The molecule has 0 atom stereocenters. The maximum absolute atomic E-state index is 12.7. The Morgan fingerprint density at radius 2 is 1.58 bits per heavy atom. The van der Waals surface area contributed by atoms with Crippen molar-refractivity contribution in [1.82, 2.24) is 0 Å². The largest absolute Gasteiger partial charge is 0.207 e. The van der Waals surface area contributed by atoms with Crippen molar-refractivity contribution < 1.29 is 4.39 Å². The number of benzene rings is 2. The van der Waals surface area contributed by atoms with E-state index in [1.54, 1.807) is 12.1 Å². The van der Waals surface area contributed by atoms with Gasteiger partial charge in [-0.3, -0.25) is 0 Å². The smallest absolute Gasteiger partial charge is 0.123 e. The highest BCUT2D eigenvalue weighted by Gasteiger charge is 1.95. The summed E-state index contributed by atoms with van der Waals surface area (Å²) in [6.07, 6.45) is 0. The summed E-state index contributed by atoms with van der Waals surface area (Å²) in [6.45, 7) is 0. The standard InChI is InChI=1S/C10H6FI/c11-9-3-1-8-6-10(12)4-2-7(8)5-9/h1-6H. The van der Waals surface area contributed by atoms with Crippen LogP contribution in [0.25, 0.3) is 10.8 Å². The van der Waals surface area contributed by atoms with E-state index < -0.39 is 0 Å². The van der Waals surface area contributed by atoms with Crippen molar-refractivity contribution in [3.8, 4) is 0 Å². The second-order valence-corrected chi connectivity index (χ2v) is 3.88. The molecular formula is C10H6FI. The molecule has 12 heavy (non-hydrogen) atoms. The lowest BCUT2D eigenvalue weighted by atomic mass is 10.1. The van der Waals surface area contributed by atoms with Gasteiger partial charge in [-0.1, -0.05) is 12.1 Å². The topological polar surface area (TPSA) is 0 Å². The first-order valence-corrected chi connectivity index (χ1v) is 4.68. The average Bonchev–Trinajstić information content (AvgIpc) is 2.05. The van der Waals surface area contributed by atoms with Crippen molar-refractivity contribution in [3.05, 3.63) is 45.8 Å². The lowest BCUT2D eigenvalue weighted by Crippen LogP contribution is -1.77. The molecule has 0 unspecified atom stereocenters. The molecule has 0 amide bonds. The van der Waals surface area contributed by atoms with Crippen LogP contribution in [0.5, 0.6) is 0 Å². The van der Waals surface area contributed by atoms with Crippen LogP contribution in [0.2, 0.25) is 0 Å². The highest BCUT2D eigenvalue weighted by atomic mass is 127. The van der Waals surface area contributed by atoms with E-state index in [0.29, 0.717) is 0 Å². The third-order valence-corrected chi connectivity index (χ3v) is 2.44. The fraction of sp³-hybridized carbons (Fsp3) is 0. The van der Waals surface area contributed by atoms with E-state index in [2.05, 4.69) is 22.6 Å². The predicted molar refractivity (Wildman–Crippen MR) is 56.6 cm³/mol. The molecule has 0 aliphatic carbocycles. The van der Waals surface area contributed by atoms with E-state index in [0.717, 1.165) is 10.8 Å². The van der Waals surface area contributed by atoms with Crippen molar-refractivity contribution >= 4 is 33.4 Å². The summed E-state index contributed by atoms with van der Waals surface area (Å²) in [5.41, 5.74) is 0. The molecule has 2 aromatic rings. The first-order valence-electron chi connectivity index (χ1n) is 3.60. The van der Waals surface area contributed by atoms with E-state index >= 15 is 0 Å². The van der Waals surface area contributed by atoms with Gasteiger partial charge in [0.2, 0.25) is 0 Å². The van der Waals surface area contributed by atoms with Gasteiger partial charge in [0, 0.05) is 3.57 Å². The van der Waals surface area contributed by atoms with Crippen LogP contribution < -0.4 is 0 Å². The highest BCUT2D eigenvalue weighted by Crippen LogP contribution is 2.17. The van der Waals surface area contributed by atoms with Crippen LogP contribution in [0.3, 0.4) is 0 Å². The molecule has 2 aromatic carbocycles. The van der Waals surface area contributed by atoms with E-state index in [4.69, 9.17) is 0 Å². The molecule has 2 rings (SSSR count). The zero-order valence-electron chi connectivity index (χ0n) is 6.22. The molecular weight excluding hydrogens is 266 g/mol. The van der Waals surface area contributed by atoms with Crippen molar-refractivity contribution in [2.75, 3.05) is 0 Å². The fourth-order valence-corrected chi connectivity index (χ4v) is 1.70. The molecule has 0 bridgehead atoms. The minimum absolute atomic E-state index is 0.177. The summed E-state index contributed by atoms with van der Waals surface area (Å²) in [6, 6.07) is 10.8. The van der Waals surface area contributed by atoms with E-state index in [1.807, 2.05) is 18.2 Å². The Balaban J connectivity index is 2.79. The van der Waals surface area contributed by atoms with Gasteiger partial charge in [0.25, 0.3) is 0 Å². The van der Waals surface area contributed by atoms with Crippen LogP contribution in [-0.2, 0) is 0 Å². The van der Waals surface area contributed by atoms with Gasteiger partial charge < -0.3 is 0 Å². The first kappa shape index (κ1) is 7.98. The van der Waals surface area contributed by atoms with E-state index in [9.17, 15) is 4.39 Å². The molecule has 0 aliphatic heterocycles. The minimum Gasteiger partial charge on any atom is -0.207 e. The Kier molecular flexibility index (Phi) is 2.00. The Bertz CT molecular complexity index is 382. The third-order valence-electron chi connectivity index (χ3n) is 1.76. The van der Waals surface area contributed by atoms with Crippen LogP contribution in [0.1, 0.15) is 0 Å². The molecule has 0 fully saturated rings. The second-order valence-electron chi connectivity index (χ2n) is 2.64. The monoisotopic (exact) mass is 272 g/mol. The van der Waals surface area contributed by atoms with Gasteiger partial charge in [0.05, 0.1) is 0 Å². The quantitative estimate of drug-likeness (QED) is 0.643. The molecule has 0 saturated heterocycles. The highest BCUT2D eigenvalue weighted by molar-refractivity contribution is 14.1. The Hall–Kier alpha value is -0.640. The fourth-order valence-electron chi connectivity index (χ4n) is 1.19. The third kappa shape index (κ3) is 1.43. The van der Waals surface area contributed by atoms with Crippen molar-refractivity contribution in [3.63, 3.8) is 0 Å². The molecule has 0 aliphatic rings. The average molecular weight is 272 g/mol. The Morgan fingerprint density at radius 1 is 0.917 bits per heavy atom. The summed E-state index contributed by atoms with van der Waals surface area (Å²) >= 11 is 2.24. The van der Waals surface area contributed by atoms with Crippen molar-refractivity contribution in [2.24, 2.45) is 0 Å². The molecule has 0 saturated carbocycles. The SMILES string of the molecule is Fc1ccc2cc(I)ccc2c1. The molecule has 60 valence electrons. The summed E-state index contributed by atoms with van der Waals surface area (Å²) in [7, 11) is 0. The van der Waals surface area contributed by atoms with Gasteiger partial charge in [0.15, 0.2) is 0 Å². The van der Waals surface area contributed by atoms with Crippen LogP contribution in [0.4, 0.5) is 4.39 Å². The second kappa shape index (κ2) is 3.01. The number of hydrogen-bond donors (Lipinski definition) is 0. The zero-order chi connectivity index (χ0) is 8.55. The van der Waals surface area contributed by atoms with E-state index in [1.165, 1.54) is 9.64 Å². The van der Waals surface area contributed by atoms with Gasteiger partial charge in [-0.2, -0.15) is 0 Å². The lowest BCUT2D eigenvalue weighted by molar-refractivity contribution is 0.630. The van der Waals surface area contributed by atoms with Gasteiger partial charge >= 0.3 is 0 Å². The Labute approximate surface area is 83.5 Å². The summed E-state index contributed by atoms with van der Waals surface area (Å²) in [5.74, 6) is -0.177. The summed E-state index contributed by atoms with van der Waals surface area (Å²) in [4.78, 5) is 0. The number of rotatable bonds is 0. The van der Waals surface area contributed by atoms with Crippen LogP contribution >= 0.6 is 22.6 Å². The van der Waals surface area contributed by atoms with Crippen molar-refractivity contribution in [2.45, 2.75) is 0 Å². The van der Waals surface area contributed by atoms with Crippen LogP contribution in [-0.4, -0.2) is 0 Å². The van der Waals surface area contributed by atoms with Crippen molar-refractivity contribution in [1.29, 1.82) is 0 Å². The number of hydrogen-bond acceptors (Lipinski definition) is 0. The first-order chi connectivity index (χ1) is 5.75. The number of fused-ring (bicyclic) bond motifs is 1. The molecule has 0 spiro atoms. The molecule has 0 aromatic heterocycles. The lowest BCUT2D eigenvalue weighted by Gasteiger charge is -1.97. The summed E-state index contributed by atoms with van der Waals surface area (Å²) < 4.78 is 13.9. The molecule has 2 heteroatoms. The van der Waals surface area contributed by atoms with Gasteiger partial charge in [-0.15, -0.1) is 0 Å². The van der Waals surface area contributed by atoms with Gasteiger partial charge in [-0.05, 0) is 57.6 Å². The number of halogens is 2. The normalized spacial score (nSPS) is 10.5. The Morgan fingerprint density at radius 3 is 2.42 bits per heavy atom. The van der Waals surface area contributed by atoms with Gasteiger partial charge in [0.1, 0.15) is 5.82 Å². The maximum Gasteiger partial charge on any atom is 0.123 e. The molecule has 0 N–H and O–H groups in total. The molecule has 0 radical (unpaired) electrons. The summed E-state index contributed by atoms with van der Waals surface area (Å²) in [5, 5.41) is 2.04. The minimum atomic E-state index is -0.177. The molecule has 0 nitrogen and oxygen atoms in total. The molecule has 0 heterocycles. The van der Waals surface area contributed by atoms with Crippen LogP contribution in [0.15, 0.2) is 36.4 Å². The van der Waals surface area contributed by atoms with E-state index in [-0.39, 0.29) is 5.82 Å². The van der Waals surface area contributed by atoms with Crippen LogP contribution in [0, 0.1) is 9.39 Å². The van der Waals surface area contributed by atoms with Gasteiger partial charge in [-0.25, -0.2) is 4.39 Å². The maximum atomic E-state index is 12.7.